The Morgan fingerprint density at radius 1 is 0.727 bits per heavy atom. The van der Waals surface area contributed by atoms with Crippen LogP contribution in [0.3, 0.4) is 0 Å². The first-order chi connectivity index (χ1) is 15.8. The number of hydrogen-bond donors (Lipinski definition) is 0. The molecule has 0 N–H and O–H groups in total. The second-order valence-corrected chi connectivity index (χ2v) is 11.3. The number of halogens is 2. The molecule has 0 aliphatic heterocycles. The normalized spacial score (nSPS) is 11.2. The van der Waals surface area contributed by atoms with Gasteiger partial charge >= 0.3 is 21.2 Å². The molecule has 0 bridgehead atoms. The van der Waals surface area contributed by atoms with E-state index < -0.39 is 20.8 Å². The fourth-order valence-corrected chi connectivity index (χ4v) is 5.83. The van der Waals surface area contributed by atoms with Crippen molar-refractivity contribution in [2.45, 2.75) is 4.90 Å². The summed E-state index contributed by atoms with van der Waals surface area (Å²) in [6.07, 6.45) is 0. The minimum Gasteiger partial charge on any atom is -0.744 e. The van der Waals surface area contributed by atoms with Crippen molar-refractivity contribution in [2.75, 3.05) is 0 Å². The van der Waals surface area contributed by atoms with Gasteiger partial charge in [0, 0.05) is 6.07 Å². The molecule has 1 heterocycles. The minimum absolute atomic E-state index is 0.0516. The Morgan fingerprint density at radius 2 is 1.36 bits per heavy atom. The van der Waals surface area contributed by atoms with E-state index in [1.54, 1.807) is 0 Å². The van der Waals surface area contributed by atoms with Crippen molar-refractivity contribution in [1.29, 1.82) is 0 Å². The molecule has 5 nitrogen and oxygen atoms in total. The minimum atomic E-state index is -4.44. The molecule has 0 radical (unpaired) electrons. The summed E-state index contributed by atoms with van der Waals surface area (Å²) < 4.78 is 51.4. The summed E-state index contributed by atoms with van der Waals surface area (Å²) in [5.74, 6) is -0.572. The predicted molar refractivity (Wildman–Crippen MR) is 118 cm³/mol. The molecule has 5 rings (SSSR count). The molecule has 8 heteroatoms. The molecule has 166 valence electrons. The van der Waals surface area contributed by atoms with Crippen LogP contribution in [0.4, 0.5) is 4.39 Å². The van der Waals surface area contributed by atoms with Crippen LogP contribution in [0.25, 0.3) is 21.9 Å². The van der Waals surface area contributed by atoms with Crippen LogP contribution in [0.1, 0.15) is 0 Å². The maximum Gasteiger partial charge on any atom is 0.357 e. The van der Waals surface area contributed by atoms with Crippen LogP contribution >= 0.6 is 0 Å². The van der Waals surface area contributed by atoms with Gasteiger partial charge in [0.2, 0.25) is 5.43 Å². The van der Waals surface area contributed by atoms with Gasteiger partial charge in [-0.1, -0.05) is 30.3 Å². The standard InChI is InChI=1S/C19H12IO2.C6H5FO3S/c21-19-15-8-4-5-9-17(15)22-18-11-10-14(12-16(18)19)20-13-6-2-1-3-7-13;7-5-1-3-6(4-2-5)11(8,9)10/h1-12H;1-4H,(H,8,9,10)/q+1;/p-1. The summed E-state index contributed by atoms with van der Waals surface area (Å²) in [5, 5.41) is 1.32. The summed E-state index contributed by atoms with van der Waals surface area (Å²) in [6.45, 7) is 0. The van der Waals surface area contributed by atoms with Crippen LogP contribution in [-0.2, 0) is 10.1 Å². The molecule has 33 heavy (non-hydrogen) atoms. The maximum absolute atomic E-state index is 12.6. The lowest BCUT2D eigenvalue weighted by atomic mass is 10.1. The summed E-state index contributed by atoms with van der Waals surface area (Å²) >= 11 is -0.284. The first-order valence-electron chi connectivity index (χ1n) is 9.68. The van der Waals surface area contributed by atoms with Gasteiger partial charge in [0.1, 0.15) is 27.1 Å². The number of hydrogen-bond acceptors (Lipinski definition) is 5. The van der Waals surface area contributed by atoms with E-state index in [0.717, 1.165) is 24.3 Å². The Morgan fingerprint density at radius 3 is 2.06 bits per heavy atom. The van der Waals surface area contributed by atoms with Crippen LogP contribution in [0, 0.1) is 13.0 Å². The zero-order valence-electron chi connectivity index (χ0n) is 16.9. The van der Waals surface area contributed by atoms with Gasteiger partial charge in [-0.05, 0) is 60.7 Å². The lowest BCUT2D eigenvalue weighted by molar-refractivity contribution is -0.597. The van der Waals surface area contributed by atoms with Gasteiger partial charge in [0.25, 0.3) is 0 Å². The van der Waals surface area contributed by atoms with E-state index >= 15 is 0 Å². The van der Waals surface area contributed by atoms with E-state index in [1.807, 2.05) is 42.5 Å². The highest BCUT2D eigenvalue weighted by atomic mass is 127. The monoisotopic (exact) mass is 574 g/mol. The van der Waals surface area contributed by atoms with Gasteiger partial charge in [0.05, 0.1) is 15.7 Å². The SMILES string of the molecule is O=S(=O)([O-])c1ccc(F)cc1.O=c1c2ccccc2oc2ccc([I+]c3ccccc3)cc12. The first-order valence-corrected chi connectivity index (χ1v) is 13.2. The summed E-state index contributed by atoms with van der Waals surface area (Å²) in [5.41, 5.74) is 1.35. The molecule has 0 unspecified atom stereocenters. The quantitative estimate of drug-likeness (QED) is 0.187. The molecule has 1 aromatic heterocycles. The van der Waals surface area contributed by atoms with Crippen molar-refractivity contribution >= 4 is 32.1 Å². The maximum atomic E-state index is 12.6. The third-order valence-electron chi connectivity index (χ3n) is 4.59. The highest BCUT2D eigenvalue weighted by Gasteiger charge is 2.17. The highest BCUT2D eigenvalue weighted by Crippen LogP contribution is 2.17. The van der Waals surface area contributed by atoms with Gasteiger partial charge in [-0.15, -0.1) is 0 Å². The lowest BCUT2D eigenvalue weighted by Crippen LogP contribution is -3.61. The highest BCUT2D eigenvalue weighted by molar-refractivity contribution is 7.85. The van der Waals surface area contributed by atoms with Crippen LogP contribution < -0.4 is 26.6 Å². The van der Waals surface area contributed by atoms with Gasteiger partial charge in [0.15, 0.2) is 7.14 Å². The van der Waals surface area contributed by atoms with Crippen molar-refractivity contribution < 1.29 is 43.0 Å². The summed E-state index contributed by atoms with van der Waals surface area (Å²) in [4.78, 5) is 12.2. The van der Waals surface area contributed by atoms with Crippen LogP contribution in [0.2, 0.25) is 0 Å². The Labute approximate surface area is 199 Å². The Hall–Kier alpha value is -3.08. The molecule has 0 saturated carbocycles. The zero-order valence-corrected chi connectivity index (χ0v) is 19.9. The average Bonchev–Trinajstić information content (AvgIpc) is 2.81. The van der Waals surface area contributed by atoms with Gasteiger partial charge < -0.3 is 8.97 Å². The van der Waals surface area contributed by atoms with Crippen molar-refractivity contribution in [3.8, 4) is 0 Å². The summed E-state index contributed by atoms with van der Waals surface area (Å²) in [7, 11) is -4.44. The molecule has 0 saturated heterocycles. The fraction of sp³-hybridized carbons (Fsp3) is 0. The molecule has 0 amide bonds. The average molecular weight is 574 g/mol. The number of rotatable bonds is 3. The van der Waals surface area contributed by atoms with E-state index in [-0.39, 0.29) is 26.6 Å². The predicted octanol–water partition coefficient (Wildman–Crippen LogP) is 1.80. The molecule has 0 atom stereocenters. The summed E-state index contributed by atoms with van der Waals surface area (Å²) in [6, 6.07) is 27.5. The Balaban J connectivity index is 0.000000200. The Bertz CT molecular complexity index is 1580. The van der Waals surface area contributed by atoms with Gasteiger partial charge in [-0.3, -0.25) is 4.79 Å². The van der Waals surface area contributed by atoms with Gasteiger partial charge in [-0.2, -0.15) is 0 Å². The third-order valence-corrected chi connectivity index (χ3v) is 8.08. The van der Waals surface area contributed by atoms with Crippen molar-refractivity contribution in [2.24, 2.45) is 0 Å². The molecule has 0 spiro atoms. The van der Waals surface area contributed by atoms with E-state index in [4.69, 9.17) is 4.42 Å². The number of benzene rings is 4. The van der Waals surface area contributed by atoms with Crippen molar-refractivity contribution in [3.63, 3.8) is 0 Å². The number of fused-ring (bicyclic) bond motifs is 2. The Kier molecular flexibility index (Phi) is 6.87. The second kappa shape index (κ2) is 9.82. The van der Waals surface area contributed by atoms with E-state index in [1.165, 1.54) is 7.14 Å². The van der Waals surface area contributed by atoms with E-state index in [0.29, 0.717) is 21.9 Å². The van der Waals surface area contributed by atoms with Crippen LogP contribution in [-0.4, -0.2) is 13.0 Å². The first kappa shape index (κ1) is 23.1. The molecular weight excluding hydrogens is 558 g/mol. The third kappa shape index (κ3) is 5.65. The lowest BCUT2D eigenvalue weighted by Gasteiger charge is -2.04. The van der Waals surface area contributed by atoms with E-state index in [9.17, 15) is 22.2 Å². The number of para-hydroxylation sites is 1. The van der Waals surface area contributed by atoms with Crippen LogP contribution in [0.15, 0.2) is 111 Å². The topological polar surface area (TPSA) is 87.4 Å². The molecular formula is C25H16FIO5S. The molecule has 0 fully saturated rings. The van der Waals surface area contributed by atoms with Gasteiger partial charge in [-0.25, -0.2) is 12.8 Å². The second-order valence-electron chi connectivity index (χ2n) is 6.87. The fourth-order valence-electron chi connectivity index (χ4n) is 3.04. The van der Waals surface area contributed by atoms with E-state index in [2.05, 4.69) is 30.3 Å². The molecule has 0 aliphatic rings. The van der Waals surface area contributed by atoms with Crippen molar-refractivity contribution in [3.05, 3.63) is 120 Å². The zero-order chi connectivity index (χ0) is 23.4. The molecule has 4 aromatic carbocycles. The molecule has 0 aliphatic carbocycles. The molecule has 5 aromatic rings. The smallest absolute Gasteiger partial charge is 0.357 e. The largest absolute Gasteiger partial charge is 0.744 e. The van der Waals surface area contributed by atoms with Crippen LogP contribution in [0.5, 0.6) is 0 Å². The van der Waals surface area contributed by atoms with Crippen molar-refractivity contribution in [1.82, 2.24) is 0 Å².